The summed E-state index contributed by atoms with van der Waals surface area (Å²) in [6.45, 7) is 8.73. The van der Waals surface area contributed by atoms with Gasteiger partial charge >= 0.3 is 0 Å². The quantitative estimate of drug-likeness (QED) is 0.681. The van der Waals surface area contributed by atoms with Gasteiger partial charge in [-0.1, -0.05) is 32.0 Å². The molecule has 0 heterocycles. The molecule has 0 aromatic heterocycles. The molecular formula is C16H27N3O2. The van der Waals surface area contributed by atoms with Gasteiger partial charge in [0, 0.05) is 18.7 Å². The SMILES string of the molecule is CCN(CC)CCOc1ccccc1CNC(=O)CNC. The normalized spacial score (nSPS) is 10.7. The molecule has 5 heteroatoms. The van der Waals surface area contributed by atoms with Gasteiger partial charge in [0.2, 0.25) is 5.91 Å². The summed E-state index contributed by atoms with van der Waals surface area (Å²) >= 11 is 0. The highest BCUT2D eigenvalue weighted by Crippen LogP contribution is 2.17. The molecule has 1 aromatic rings. The molecule has 0 saturated heterocycles. The van der Waals surface area contributed by atoms with E-state index >= 15 is 0 Å². The summed E-state index contributed by atoms with van der Waals surface area (Å²) in [6, 6.07) is 7.83. The van der Waals surface area contributed by atoms with Gasteiger partial charge in [-0.25, -0.2) is 0 Å². The van der Waals surface area contributed by atoms with Crippen LogP contribution in [0, 0.1) is 0 Å². The molecule has 0 atom stereocenters. The topological polar surface area (TPSA) is 53.6 Å². The number of carbonyl (C=O) groups excluding carboxylic acids is 1. The average Bonchev–Trinajstić information content (AvgIpc) is 2.51. The van der Waals surface area contributed by atoms with Gasteiger partial charge in [-0.2, -0.15) is 0 Å². The van der Waals surface area contributed by atoms with Crippen molar-refractivity contribution >= 4 is 5.91 Å². The number of ether oxygens (including phenoxy) is 1. The number of carbonyl (C=O) groups is 1. The molecule has 5 nitrogen and oxygen atoms in total. The number of likely N-dealkylation sites (N-methyl/N-ethyl adjacent to an activating group) is 2. The lowest BCUT2D eigenvalue weighted by molar-refractivity contribution is -0.120. The van der Waals surface area contributed by atoms with Gasteiger partial charge in [-0.3, -0.25) is 4.79 Å². The lowest BCUT2D eigenvalue weighted by Gasteiger charge is -2.19. The predicted molar refractivity (Wildman–Crippen MR) is 85.5 cm³/mol. The second kappa shape index (κ2) is 10.2. The summed E-state index contributed by atoms with van der Waals surface area (Å²) in [5, 5.41) is 5.70. The number of hydrogen-bond acceptors (Lipinski definition) is 4. The summed E-state index contributed by atoms with van der Waals surface area (Å²) in [5.74, 6) is 0.824. The summed E-state index contributed by atoms with van der Waals surface area (Å²) in [4.78, 5) is 13.8. The minimum absolute atomic E-state index is 0.0181. The molecule has 0 fully saturated rings. The second-order valence-electron chi connectivity index (χ2n) is 4.79. The van der Waals surface area contributed by atoms with E-state index in [0.29, 0.717) is 19.7 Å². The van der Waals surface area contributed by atoms with E-state index in [2.05, 4.69) is 29.4 Å². The van der Waals surface area contributed by atoms with E-state index in [-0.39, 0.29) is 5.91 Å². The van der Waals surface area contributed by atoms with E-state index < -0.39 is 0 Å². The van der Waals surface area contributed by atoms with Crippen LogP contribution in [-0.4, -0.2) is 50.6 Å². The van der Waals surface area contributed by atoms with Crippen molar-refractivity contribution in [2.75, 3.05) is 39.8 Å². The third kappa shape index (κ3) is 6.60. The molecule has 2 N–H and O–H groups in total. The summed E-state index contributed by atoms with van der Waals surface area (Å²) in [5.41, 5.74) is 1.00. The zero-order chi connectivity index (χ0) is 15.5. The van der Waals surface area contributed by atoms with Crippen molar-refractivity contribution in [2.45, 2.75) is 20.4 Å². The maximum atomic E-state index is 11.5. The Morgan fingerprint density at radius 1 is 1.24 bits per heavy atom. The van der Waals surface area contributed by atoms with Crippen LogP contribution in [0.3, 0.4) is 0 Å². The van der Waals surface area contributed by atoms with Crippen molar-refractivity contribution < 1.29 is 9.53 Å². The van der Waals surface area contributed by atoms with Gasteiger partial charge in [0.1, 0.15) is 12.4 Å². The Morgan fingerprint density at radius 2 is 1.95 bits per heavy atom. The van der Waals surface area contributed by atoms with E-state index in [1.54, 1.807) is 7.05 Å². The van der Waals surface area contributed by atoms with E-state index in [9.17, 15) is 4.79 Å². The first-order chi connectivity index (χ1) is 10.2. The van der Waals surface area contributed by atoms with Crippen molar-refractivity contribution in [1.82, 2.24) is 15.5 Å². The molecule has 0 radical (unpaired) electrons. The largest absolute Gasteiger partial charge is 0.492 e. The summed E-state index contributed by atoms with van der Waals surface area (Å²) < 4.78 is 5.85. The number of rotatable bonds is 10. The number of nitrogens with zero attached hydrogens (tertiary/aromatic N) is 1. The molecule has 0 bridgehead atoms. The van der Waals surface area contributed by atoms with Gasteiger partial charge in [-0.15, -0.1) is 0 Å². The Hall–Kier alpha value is -1.59. The smallest absolute Gasteiger partial charge is 0.234 e. The van der Waals surface area contributed by atoms with Gasteiger partial charge in [0.15, 0.2) is 0 Å². The highest BCUT2D eigenvalue weighted by atomic mass is 16.5. The van der Waals surface area contributed by atoms with Gasteiger partial charge in [0.05, 0.1) is 6.54 Å². The first-order valence-corrected chi connectivity index (χ1v) is 7.55. The highest BCUT2D eigenvalue weighted by molar-refractivity contribution is 5.77. The first kappa shape index (κ1) is 17.5. The van der Waals surface area contributed by atoms with E-state index in [1.807, 2.05) is 24.3 Å². The third-order valence-electron chi connectivity index (χ3n) is 3.35. The van der Waals surface area contributed by atoms with E-state index in [4.69, 9.17) is 4.74 Å². The van der Waals surface area contributed by atoms with Crippen molar-refractivity contribution in [3.05, 3.63) is 29.8 Å². The molecule has 0 saturated carbocycles. The fourth-order valence-corrected chi connectivity index (χ4v) is 2.03. The Kier molecular flexibility index (Phi) is 8.47. The summed E-state index contributed by atoms with van der Waals surface area (Å²) in [6.07, 6.45) is 0. The van der Waals surface area contributed by atoms with Crippen LogP contribution in [0.15, 0.2) is 24.3 Å². The molecule has 0 spiro atoms. The molecule has 0 aliphatic carbocycles. The van der Waals surface area contributed by atoms with Crippen LogP contribution in [0.5, 0.6) is 5.75 Å². The van der Waals surface area contributed by atoms with Crippen LogP contribution >= 0.6 is 0 Å². The van der Waals surface area contributed by atoms with Crippen molar-refractivity contribution in [3.8, 4) is 5.75 Å². The first-order valence-electron chi connectivity index (χ1n) is 7.55. The van der Waals surface area contributed by atoms with Crippen LogP contribution in [0.25, 0.3) is 0 Å². The van der Waals surface area contributed by atoms with Crippen LogP contribution in [-0.2, 0) is 11.3 Å². The molecule has 118 valence electrons. The zero-order valence-electron chi connectivity index (χ0n) is 13.3. The lowest BCUT2D eigenvalue weighted by Crippen LogP contribution is -2.32. The number of benzene rings is 1. The fourth-order valence-electron chi connectivity index (χ4n) is 2.03. The minimum Gasteiger partial charge on any atom is -0.492 e. The Bertz CT molecular complexity index is 420. The van der Waals surface area contributed by atoms with Crippen LogP contribution in [0.1, 0.15) is 19.4 Å². The average molecular weight is 293 g/mol. The van der Waals surface area contributed by atoms with Crippen LogP contribution in [0.4, 0.5) is 0 Å². The van der Waals surface area contributed by atoms with Crippen molar-refractivity contribution in [1.29, 1.82) is 0 Å². The van der Waals surface area contributed by atoms with Crippen LogP contribution < -0.4 is 15.4 Å². The van der Waals surface area contributed by atoms with Crippen molar-refractivity contribution in [3.63, 3.8) is 0 Å². The maximum Gasteiger partial charge on any atom is 0.234 e. The van der Waals surface area contributed by atoms with Gasteiger partial charge in [-0.05, 0) is 26.2 Å². The molecule has 0 unspecified atom stereocenters. The van der Waals surface area contributed by atoms with Gasteiger partial charge < -0.3 is 20.3 Å². The third-order valence-corrected chi connectivity index (χ3v) is 3.35. The lowest BCUT2D eigenvalue weighted by atomic mass is 10.2. The fraction of sp³-hybridized carbons (Fsp3) is 0.562. The molecule has 1 aromatic carbocycles. The summed E-state index contributed by atoms with van der Waals surface area (Å²) in [7, 11) is 1.75. The molecule has 21 heavy (non-hydrogen) atoms. The standard InChI is InChI=1S/C16H27N3O2/c1-4-19(5-2)10-11-21-15-9-7-6-8-14(15)12-18-16(20)13-17-3/h6-9,17H,4-5,10-13H2,1-3H3,(H,18,20). The Balaban J connectivity index is 2.48. The molecular weight excluding hydrogens is 266 g/mol. The monoisotopic (exact) mass is 293 g/mol. The van der Waals surface area contributed by atoms with E-state index in [1.165, 1.54) is 0 Å². The zero-order valence-corrected chi connectivity index (χ0v) is 13.3. The van der Waals surface area contributed by atoms with Gasteiger partial charge in [0.25, 0.3) is 0 Å². The molecule has 1 rings (SSSR count). The van der Waals surface area contributed by atoms with E-state index in [0.717, 1.165) is 30.9 Å². The minimum atomic E-state index is -0.0181. The number of para-hydroxylation sites is 1. The Labute approximate surface area is 127 Å². The predicted octanol–water partition coefficient (Wildman–Crippen LogP) is 1.24. The number of nitrogens with one attached hydrogen (secondary N) is 2. The van der Waals surface area contributed by atoms with Crippen molar-refractivity contribution in [2.24, 2.45) is 0 Å². The molecule has 0 aliphatic heterocycles. The number of hydrogen-bond donors (Lipinski definition) is 2. The molecule has 1 amide bonds. The maximum absolute atomic E-state index is 11.5. The highest BCUT2D eigenvalue weighted by Gasteiger charge is 2.06. The Morgan fingerprint density at radius 3 is 2.62 bits per heavy atom. The molecule has 0 aliphatic rings. The second-order valence-corrected chi connectivity index (χ2v) is 4.79. The van der Waals surface area contributed by atoms with Crippen LogP contribution in [0.2, 0.25) is 0 Å². The number of amides is 1.